The highest BCUT2D eigenvalue weighted by Crippen LogP contribution is 2.20. The number of nitrogens with one attached hydrogen (secondary N) is 1. The second-order valence-electron chi connectivity index (χ2n) is 3.75. The number of hydrogen-bond acceptors (Lipinski definition) is 5. The van der Waals surface area contributed by atoms with Crippen molar-refractivity contribution in [1.29, 1.82) is 0 Å². The molecule has 0 radical (unpaired) electrons. The Hall–Kier alpha value is -0.130. The van der Waals surface area contributed by atoms with E-state index >= 15 is 0 Å². The largest absolute Gasteiger partial charge is 0.314 e. The van der Waals surface area contributed by atoms with Gasteiger partial charge in [-0.15, -0.1) is 10.2 Å². The van der Waals surface area contributed by atoms with Crippen molar-refractivity contribution in [2.75, 3.05) is 12.3 Å². The normalized spacial score (nSPS) is 12.9. The first kappa shape index (κ1) is 13.9. The summed E-state index contributed by atoms with van der Waals surface area (Å²) < 4.78 is 1.09. The van der Waals surface area contributed by atoms with Crippen LogP contribution in [0.2, 0.25) is 0 Å². The number of aromatic nitrogens is 2. The molecule has 0 saturated heterocycles. The third kappa shape index (κ3) is 5.82. The van der Waals surface area contributed by atoms with Crippen molar-refractivity contribution >= 4 is 23.1 Å². The highest BCUT2D eigenvalue weighted by molar-refractivity contribution is 8.00. The molecule has 0 aromatic carbocycles. The SMILES string of the molecule is CCCNC(CC)CCCSc1nncs1. The fraction of sp³-hybridized carbons (Fsp3) is 0.818. The van der Waals surface area contributed by atoms with Crippen molar-refractivity contribution < 1.29 is 0 Å². The summed E-state index contributed by atoms with van der Waals surface area (Å²) in [5, 5.41) is 11.4. The van der Waals surface area contributed by atoms with Gasteiger partial charge in [0.2, 0.25) is 0 Å². The van der Waals surface area contributed by atoms with Gasteiger partial charge < -0.3 is 5.32 Å². The van der Waals surface area contributed by atoms with E-state index in [1.165, 1.54) is 25.7 Å². The van der Waals surface area contributed by atoms with E-state index in [4.69, 9.17) is 0 Å². The van der Waals surface area contributed by atoms with Crippen LogP contribution in [0.5, 0.6) is 0 Å². The van der Waals surface area contributed by atoms with E-state index in [2.05, 4.69) is 29.4 Å². The molecule has 0 spiro atoms. The van der Waals surface area contributed by atoms with Crippen molar-refractivity contribution in [3.05, 3.63) is 5.51 Å². The van der Waals surface area contributed by atoms with Gasteiger partial charge in [-0.1, -0.05) is 36.9 Å². The summed E-state index contributed by atoms with van der Waals surface area (Å²) in [6.45, 7) is 5.61. The van der Waals surface area contributed by atoms with E-state index in [9.17, 15) is 0 Å². The summed E-state index contributed by atoms with van der Waals surface area (Å²) in [5.74, 6) is 1.15. The van der Waals surface area contributed by atoms with Crippen LogP contribution >= 0.6 is 23.1 Å². The average molecular weight is 259 g/mol. The predicted molar refractivity (Wildman–Crippen MR) is 72.2 cm³/mol. The van der Waals surface area contributed by atoms with E-state index in [1.807, 2.05) is 11.8 Å². The molecule has 0 aliphatic heterocycles. The molecule has 0 fully saturated rings. The quantitative estimate of drug-likeness (QED) is 0.546. The Labute approximate surface area is 106 Å². The molecule has 92 valence electrons. The van der Waals surface area contributed by atoms with Crippen LogP contribution in [0, 0.1) is 0 Å². The third-order valence-corrected chi connectivity index (χ3v) is 4.38. The van der Waals surface area contributed by atoms with Gasteiger partial charge in [0.1, 0.15) is 5.51 Å². The van der Waals surface area contributed by atoms with Crippen molar-refractivity contribution in [2.24, 2.45) is 0 Å². The van der Waals surface area contributed by atoms with Crippen LogP contribution in [-0.4, -0.2) is 28.5 Å². The molecule has 16 heavy (non-hydrogen) atoms. The lowest BCUT2D eigenvalue weighted by atomic mass is 10.1. The minimum absolute atomic E-state index is 0.690. The molecular formula is C11H21N3S2. The molecule has 0 aliphatic rings. The first-order valence-corrected chi connectivity index (χ1v) is 7.85. The van der Waals surface area contributed by atoms with Gasteiger partial charge in [-0.25, -0.2) is 0 Å². The van der Waals surface area contributed by atoms with E-state index in [-0.39, 0.29) is 0 Å². The molecule has 1 unspecified atom stereocenters. The molecule has 1 N–H and O–H groups in total. The molecule has 0 bridgehead atoms. The lowest BCUT2D eigenvalue weighted by Gasteiger charge is -2.15. The van der Waals surface area contributed by atoms with Gasteiger partial charge in [0.25, 0.3) is 0 Å². The number of nitrogens with zero attached hydrogens (tertiary/aromatic N) is 2. The summed E-state index contributed by atoms with van der Waals surface area (Å²) in [7, 11) is 0. The molecule has 5 heteroatoms. The Kier molecular flexibility index (Phi) is 7.80. The summed E-state index contributed by atoms with van der Waals surface area (Å²) in [4.78, 5) is 0. The Morgan fingerprint density at radius 2 is 2.38 bits per heavy atom. The third-order valence-electron chi connectivity index (χ3n) is 2.44. The Morgan fingerprint density at radius 1 is 1.50 bits per heavy atom. The van der Waals surface area contributed by atoms with Crippen LogP contribution in [0.25, 0.3) is 0 Å². The summed E-state index contributed by atoms with van der Waals surface area (Å²) >= 11 is 3.45. The van der Waals surface area contributed by atoms with Crippen LogP contribution < -0.4 is 5.32 Å². The fourth-order valence-electron chi connectivity index (χ4n) is 1.51. The second-order valence-corrected chi connectivity index (χ2v) is 5.93. The van der Waals surface area contributed by atoms with E-state index in [0.717, 1.165) is 16.6 Å². The maximum absolute atomic E-state index is 4.02. The molecule has 1 heterocycles. The lowest BCUT2D eigenvalue weighted by Crippen LogP contribution is -2.29. The standard InChI is InChI=1S/C11H21N3S2/c1-3-7-12-10(4-2)6-5-8-15-11-14-13-9-16-11/h9-10,12H,3-8H2,1-2H3. The van der Waals surface area contributed by atoms with Crippen molar-refractivity contribution in [2.45, 2.75) is 49.9 Å². The fourth-order valence-corrected chi connectivity index (χ4v) is 3.03. The van der Waals surface area contributed by atoms with Crippen LogP contribution in [-0.2, 0) is 0 Å². The second kappa shape index (κ2) is 8.96. The van der Waals surface area contributed by atoms with E-state index < -0.39 is 0 Å². The minimum Gasteiger partial charge on any atom is -0.314 e. The number of rotatable bonds is 9. The average Bonchev–Trinajstić information content (AvgIpc) is 2.81. The van der Waals surface area contributed by atoms with Gasteiger partial charge in [-0.05, 0) is 32.2 Å². The molecule has 1 aromatic heterocycles. The van der Waals surface area contributed by atoms with Gasteiger partial charge in [0.05, 0.1) is 0 Å². The van der Waals surface area contributed by atoms with Gasteiger partial charge in [0, 0.05) is 11.8 Å². The predicted octanol–water partition coefficient (Wildman–Crippen LogP) is 3.19. The first-order valence-electron chi connectivity index (χ1n) is 5.99. The summed E-state index contributed by atoms with van der Waals surface area (Å²) in [5.41, 5.74) is 1.79. The monoisotopic (exact) mass is 259 g/mol. The lowest BCUT2D eigenvalue weighted by molar-refractivity contribution is 0.465. The van der Waals surface area contributed by atoms with Crippen molar-refractivity contribution in [1.82, 2.24) is 15.5 Å². The molecule has 0 amide bonds. The maximum atomic E-state index is 4.02. The molecule has 1 rings (SSSR count). The highest BCUT2D eigenvalue weighted by atomic mass is 32.2. The zero-order chi connectivity index (χ0) is 11.6. The van der Waals surface area contributed by atoms with Crippen LogP contribution in [0.1, 0.15) is 39.5 Å². The first-order chi connectivity index (χ1) is 7.86. The Bertz CT molecular complexity index is 252. The Balaban J connectivity index is 2.04. The van der Waals surface area contributed by atoms with Crippen LogP contribution in [0.3, 0.4) is 0 Å². The topological polar surface area (TPSA) is 37.8 Å². The molecule has 1 aromatic rings. The smallest absolute Gasteiger partial charge is 0.174 e. The molecule has 0 aliphatic carbocycles. The van der Waals surface area contributed by atoms with Crippen LogP contribution in [0.4, 0.5) is 0 Å². The molecule has 0 saturated carbocycles. The van der Waals surface area contributed by atoms with Gasteiger partial charge in [-0.2, -0.15) is 0 Å². The van der Waals surface area contributed by atoms with Gasteiger partial charge >= 0.3 is 0 Å². The summed E-state index contributed by atoms with van der Waals surface area (Å²) in [6.07, 6.45) is 4.96. The van der Waals surface area contributed by atoms with Gasteiger partial charge in [0.15, 0.2) is 4.34 Å². The molecule has 1 atom stereocenters. The highest BCUT2D eigenvalue weighted by Gasteiger charge is 2.04. The van der Waals surface area contributed by atoms with Crippen molar-refractivity contribution in [3.8, 4) is 0 Å². The number of thioether (sulfide) groups is 1. The zero-order valence-corrected chi connectivity index (χ0v) is 11.7. The molecule has 3 nitrogen and oxygen atoms in total. The van der Waals surface area contributed by atoms with E-state index in [1.54, 1.807) is 16.8 Å². The van der Waals surface area contributed by atoms with E-state index in [0.29, 0.717) is 6.04 Å². The maximum Gasteiger partial charge on any atom is 0.174 e. The number of hydrogen-bond donors (Lipinski definition) is 1. The Morgan fingerprint density at radius 3 is 3.00 bits per heavy atom. The zero-order valence-electron chi connectivity index (χ0n) is 10.1. The van der Waals surface area contributed by atoms with Crippen molar-refractivity contribution in [3.63, 3.8) is 0 Å². The molecular weight excluding hydrogens is 238 g/mol. The minimum atomic E-state index is 0.690. The van der Waals surface area contributed by atoms with Crippen LogP contribution in [0.15, 0.2) is 9.85 Å². The summed E-state index contributed by atoms with van der Waals surface area (Å²) in [6, 6.07) is 0.690. The van der Waals surface area contributed by atoms with Gasteiger partial charge in [-0.3, -0.25) is 0 Å².